The number of hydrogen-bond acceptors (Lipinski definition) is 4. The molecule has 1 aliphatic heterocycles. The molecule has 5 heteroatoms. The van der Waals surface area contributed by atoms with Crippen molar-refractivity contribution in [1.29, 1.82) is 0 Å². The van der Waals surface area contributed by atoms with Crippen LogP contribution in [-0.4, -0.2) is 47.5 Å². The van der Waals surface area contributed by atoms with Crippen LogP contribution in [0.4, 0.5) is 0 Å². The van der Waals surface area contributed by atoms with Gasteiger partial charge in [-0.2, -0.15) is 0 Å². The molecule has 0 unspecified atom stereocenters. The Labute approximate surface area is 165 Å². The van der Waals surface area contributed by atoms with Gasteiger partial charge in [-0.05, 0) is 63.0 Å². The summed E-state index contributed by atoms with van der Waals surface area (Å²) in [6.07, 6.45) is 6.87. The number of nitrogens with one attached hydrogen (secondary N) is 1. The molecule has 28 heavy (non-hydrogen) atoms. The first-order valence-electron chi connectivity index (χ1n) is 10.0. The van der Waals surface area contributed by atoms with Gasteiger partial charge in [0.1, 0.15) is 0 Å². The summed E-state index contributed by atoms with van der Waals surface area (Å²) in [7, 11) is 1.99. The molecule has 1 aliphatic rings. The van der Waals surface area contributed by atoms with Gasteiger partial charge in [-0.15, -0.1) is 0 Å². The first-order chi connectivity index (χ1) is 13.8. The molecule has 4 rings (SSSR count). The molecule has 0 spiro atoms. The lowest BCUT2D eigenvalue weighted by Gasteiger charge is -2.32. The van der Waals surface area contributed by atoms with Crippen molar-refractivity contribution in [2.45, 2.75) is 19.3 Å². The molecule has 3 aromatic rings. The van der Waals surface area contributed by atoms with Crippen molar-refractivity contribution in [1.82, 2.24) is 20.2 Å². The maximum absolute atomic E-state index is 13.4. The van der Waals surface area contributed by atoms with Crippen LogP contribution in [0.15, 0.2) is 54.9 Å². The zero-order chi connectivity index (χ0) is 19.3. The number of amides is 1. The molecule has 2 aromatic heterocycles. The number of carbonyl (C=O) groups is 1. The van der Waals surface area contributed by atoms with Crippen molar-refractivity contribution in [2.24, 2.45) is 5.92 Å². The van der Waals surface area contributed by atoms with Crippen molar-refractivity contribution >= 4 is 16.8 Å². The van der Waals surface area contributed by atoms with Gasteiger partial charge in [0.15, 0.2) is 0 Å². The lowest BCUT2D eigenvalue weighted by Crippen LogP contribution is -2.39. The van der Waals surface area contributed by atoms with E-state index in [0.29, 0.717) is 5.92 Å². The average Bonchev–Trinajstić information content (AvgIpc) is 2.77. The molecule has 5 nitrogen and oxygen atoms in total. The zero-order valence-electron chi connectivity index (χ0n) is 16.3. The highest BCUT2D eigenvalue weighted by Gasteiger charge is 2.25. The van der Waals surface area contributed by atoms with Crippen LogP contribution < -0.4 is 5.32 Å². The van der Waals surface area contributed by atoms with E-state index in [1.54, 1.807) is 12.4 Å². The van der Waals surface area contributed by atoms with Crippen LogP contribution in [0, 0.1) is 5.92 Å². The third-order valence-electron chi connectivity index (χ3n) is 5.61. The maximum Gasteiger partial charge on any atom is 0.254 e. The van der Waals surface area contributed by atoms with E-state index < -0.39 is 0 Å². The Morgan fingerprint density at radius 2 is 2.00 bits per heavy atom. The maximum atomic E-state index is 13.4. The summed E-state index contributed by atoms with van der Waals surface area (Å²) in [5, 5.41) is 4.14. The second-order valence-electron chi connectivity index (χ2n) is 7.44. The van der Waals surface area contributed by atoms with Crippen LogP contribution >= 0.6 is 0 Å². The number of pyridine rings is 2. The number of fused-ring (bicyclic) bond motifs is 1. The van der Waals surface area contributed by atoms with Gasteiger partial charge in [-0.1, -0.05) is 18.2 Å². The molecule has 1 N–H and O–H groups in total. The number of aromatic nitrogens is 2. The van der Waals surface area contributed by atoms with Crippen molar-refractivity contribution < 1.29 is 4.79 Å². The molecule has 1 aromatic carbocycles. The fourth-order valence-electron chi connectivity index (χ4n) is 3.96. The molecule has 1 saturated heterocycles. The number of piperidine rings is 1. The number of benzene rings is 1. The van der Waals surface area contributed by atoms with E-state index >= 15 is 0 Å². The summed E-state index contributed by atoms with van der Waals surface area (Å²) in [6.45, 7) is 2.69. The molecule has 0 radical (unpaired) electrons. The van der Waals surface area contributed by atoms with Gasteiger partial charge < -0.3 is 10.2 Å². The highest BCUT2D eigenvalue weighted by atomic mass is 16.2. The van der Waals surface area contributed by atoms with Gasteiger partial charge in [0.25, 0.3) is 5.91 Å². The van der Waals surface area contributed by atoms with Crippen molar-refractivity contribution in [3.8, 4) is 11.3 Å². The highest BCUT2D eigenvalue weighted by molar-refractivity contribution is 6.07. The molecule has 1 fully saturated rings. The Morgan fingerprint density at radius 1 is 1.18 bits per heavy atom. The smallest absolute Gasteiger partial charge is 0.254 e. The molecule has 144 valence electrons. The summed E-state index contributed by atoms with van der Waals surface area (Å²) in [5.41, 5.74) is 3.29. The van der Waals surface area contributed by atoms with Crippen molar-refractivity contribution in [3.05, 3.63) is 60.4 Å². The van der Waals surface area contributed by atoms with Gasteiger partial charge >= 0.3 is 0 Å². The number of rotatable bonds is 5. The van der Waals surface area contributed by atoms with Crippen molar-refractivity contribution in [3.63, 3.8) is 0 Å². The molecule has 1 amide bonds. The predicted molar refractivity (Wildman–Crippen MR) is 112 cm³/mol. The summed E-state index contributed by atoms with van der Waals surface area (Å²) in [4.78, 5) is 24.4. The number of likely N-dealkylation sites (tertiary alicyclic amines) is 1. The van der Waals surface area contributed by atoms with Gasteiger partial charge in [0.2, 0.25) is 0 Å². The first kappa shape index (κ1) is 18.6. The Kier molecular flexibility index (Phi) is 5.63. The normalized spacial score (nSPS) is 15.1. The lowest BCUT2D eigenvalue weighted by atomic mass is 9.93. The SMILES string of the molecule is CNCCC1CCN(C(=O)c2cc(-c3cccnc3)nc3ccccc23)CC1. The fourth-order valence-corrected chi connectivity index (χ4v) is 3.96. The molecule has 3 heterocycles. The van der Waals surface area contributed by atoms with E-state index in [9.17, 15) is 4.79 Å². The van der Waals surface area contributed by atoms with Gasteiger partial charge in [0, 0.05) is 36.4 Å². The van der Waals surface area contributed by atoms with Crippen LogP contribution in [0.5, 0.6) is 0 Å². The Hall–Kier alpha value is -2.79. The Bertz CT molecular complexity index is 949. The van der Waals surface area contributed by atoms with E-state index in [2.05, 4.69) is 10.3 Å². The quantitative estimate of drug-likeness (QED) is 0.739. The highest BCUT2D eigenvalue weighted by Crippen LogP contribution is 2.27. The Morgan fingerprint density at radius 3 is 2.75 bits per heavy atom. The predicted octanol–water partition coefficient (Wildman–Crippen LogP) is 3.76. The second kappa shape index (κ2) is 8.48. The Balaban J connectivity index is 1.63. The van der Waals surface area contributed by atoms with Gasteiger partial charge in [0.05, 0.1) is 16.8 Å². The minimum absolute atomic E-state index is 0.107. The monoisotopic (exact) mass is 374 g/mol. The van der Waals surface area contributed by atoms with Crippen molar-refractivity contribution in [2.75, 3.05) is 26.7 Å². The number of nitrogens with zero attached hydrogens (tertiary/aromatic N) is 3. The van der Waals surface area contributed by atoms with Crippen LogP contribution in [0.3, 0.4) is 0 Å². The summed E-state index contributed by atoms with van der Waals surface area (Å²) in [5.74, 6) is 0.812. The standard InChI is InChI=1S/C23H26N4O/c1-24-12-8-17-9-13-27(14-10-17)23(28)20-15-22(18-5-4-11-25-16-18)26-21-7-3-2-6-19(20)21/h2-7,11,15-17,24H,8-10,12-14H2,1H3. The van der Waals surface area contributed by atoms with E-state index in [1.807, 2.05) is 54.4 Å². The van der Waals surface area contributed by atoms with Gasteiger partial charge in [-0.25, -0.2) is 4.98 Å². The van der Waals surface area contributed by atoms with Crippen LogP contribution in [0.2, 0.25) is 0 Å². The minimum Gasteiger partial charge on any atom is -0.339 e. The zero-order valence-corrected chi connectivity index (χ0v) is 16.3. The topological polar surface area (TPSA) is 58.1 Å². The third-order valence-corrected chi connectivity index (χ3v) is 5.61. The van der Waals surface area contributed by atoms with E-state index in [1.165, 1.54) is 6.42 Å². The molecular formula is C23H26N4O. The largest absolute Gasteiger partial charge is 0.339 e. The van der Waals surface area contributed by atoms with E-state index in [-0.39, 0.29) is 5.91 Å². The molecular weight excluding hydrogens is 348 g/mol. The summed E-state index contributed by atoms with van der Waals surface area (Å²) in [6, 6.07) is 13.7. The van der Waals surface area contributed by atoms with E-state index in [0.717, 1.165) is 60.2 Å². The first-order valence-corrected chi connectivity index (χ1v) is 10.0. The summed E-state index contributed by atoms with van der Waals surface area (Å²) >= 11 is 0. The fraction of sp³-hybridized carbons (Fsp3) is 0.348. The lowest BCUT2D eigenvalue weighted by molar-refractivity contribution is 0.0689. The number of para-hydroxylation sites is 1. The van der Waals surface area contributed by atoms with Crippen LogP contribution in [0.25, 0.3) is 22.2 Å². The summed E-state index contributed by atoms with van der Waals surface area (Å²) < 4.78 is 0. The number of hydrogen-bond donors (Lipinski definition) is 1. The van der Waals surface area contributed by atoms with Gasteiger partial charge in [-0.3, -0.25) is 9.78 Å². The number of carbonyl (C=O) groups excluding carboxylic acids is 1. The molecule has 0 bridgehead atoms. The molecule has 0 atom stereocenters. The second-order valence-corrected chi connectivity index (χ2v) is 7.44. The molecule has 0 saturated carbocycles. The van der Waals surface area contributed by atoms with Crippen LogP contribution in [0.1, 0.15) is 29.6 Å². The average molecular weight is 374 g/mol. The van der Waals surface area contributed by atoms with E-state index in [4.69, 9.17) is 4.98 Å². The molecule has 0 aliphatic carbocycles. The van der Waals surface area contributed by atoms with Crippen LogP contribution in [-0.2, 0) is 0 Å². The minimum atomic E-state index is 0.107. The third kappa shape index (κ3) is 3.90.